The van der Waals surface area contributed by atoms with Gasteiger partial charge in [0.15, 0.2) is 0 Å². The van der Waals surface area contributed by atoms with Crippen LogP contribution in [0, 0.1) is 19.8 Å². The Morgan fingerprint density at radius 1 is 1.22 bits per heavy atom. The van der Waals surface area contributed by atoms with E-state index in [1.807, 2.05) is 30.0 Å². The minimum atomic E-state index is -0.846. The van der Waals surface area contributed by atoms with Gasteiger partial charge in [-0.15, -0.1) is 11.3 Å². The van der Waals surface area contributed by atoms with Gasteiger partial charge < -0.3 is 9.67 Å². The number of hydrogen-bond donors (Lipinski definition) is 2. The summed E-state index contributed by atoms with van der Waals surface area (Å²) in [4.78, 5) is 15.9. The number of benzene rings is 1. The molecule has 5 nitrogen and oxygen atoms in total. The molecule has 1 aromatic carbocycles. The van der Waals surface area contributed by atoms with Crippen LogP contribution >= 0.6 is 11.3 Å². The number of carbonyl (C=O) groups excluding carboxylic acids is 1. The van der Waals surface area contributed by atoms with Gasteiger partial charge in [0.25, 0.3) is 5.91 Å². The van der Waals surface area contributed by atoms with Crippen molar-refractivity contribution in [2.45, 2.75) is 77.7 Å². The van der Waals surface area contributed by atoms with Gasteiger partial charge in [0.1, 0.15) is 17.5 Å². The Hall–Kier alpha value is -2.15. The van der Waals surface area contributed by atoms with Crippen LogP contribution in [0.15, 0.2) is 35.7 Å². The predicted molar refractivity (Wildman–Crippen MR) is 132 cm³/mol. The summed E-state index contributed by atoms with van der Waals surface area (Å²) in [5, 5.41) is 17.3. The third-order valence-electron chi connectivity index (χ3n) is 7.82. The van der Waals surface area contributed by atoms with Crippen LogP contribution in [0.5, 0.6) is 0 Å². The number of aryl methyl sites for hydroxylation is 1. The molecule has 5 rings (SSSR count). The molecule has 3 aromatic rings. The van der Waals surface area contributed by atoms with Crippen LogP contribution in [0.3, 0.4) is 0 Å². The first-order valence-electron chi connectivity index (χ1n) is 11.7. The zero-order valence-corrected chi connectivity index (χ0v) is 20.2. The molecule has 2 aliphatic rings. The van der Waals surface area contributed by atoms with Crippen molar-refractivity contribution in [1.29, 1.82) is 0 Å². The fourth-order valence-corrected chi connectivity index (χ4v) is 6.40. The van der Waals surface area contributed by atoms with E-state index in [0.717, 1.165) is 33.5 Å². The summed E-state index contributed by atoms with van der Waals surface area (Å²) in [6, 6.07) is 10.4. The molecule has 0 saturated heterocycles. The molecule has 0 bridgehead atoms. The Morgan fingerprint density at radius 3 is 2.78 bits per heavy atom. The first-order chi connectivity index (χ1) is 15.3. The molecule has 4 unspecified atom stereocenters. The van der Waals surface area contributed by atoms with Crippen molar-refractivity contribution in [1.82, 2.24) is 9.88 Å². The second-order valence-electron chi connectivity index (χ2n) is 9.94. The molecule has 1 aliphatic heterocycles. The summed E-state index contributed by atoms with van der Waals surface area (Å²) < 4.78 is 3.22. The van der Waals surface area contributed by atoms with E-state index in [1.54, 1.807) is 11.3 Å². The highest BCUT2D eigenvalue weighted by Gasteiger charge is 2.49. The maximum atomic E-state index is 14.0. The normalized spacial score (nSPS) is 27.0. The molecule has 1 amide bonds. The SMILES string of the molecule is Cc1cccc(N2C(=O)c3cc4sccc4n3CC2(C)C(O)NC2CCCCC2C)c1C. The summed E-state index contributed by atoms with van der Waals surface area (Å²) in [6.45, 7) is 8.96. The summed E-state index contributed by atoms with van der Waals surface area (Å²) >= 11 is 1.65. The van der Waals surface area contributed by atoms with Gasteiger partial charge >= 0.3 is 0 Å². The molecule has 6 heteroatoms. The number of nitrogens with one attached hydrogen (secondary N) is 1. The number of fused-ring (bicyclic) bond motifs is 3. The molecule has 1 saturated carbocycles. The quantitative estimate of drug-likeness (QED) is 0.534. The molecular weight excluding hydrogens is 418 g/mol. The Morgan fingerprint density at radius 2 is 2.00 bits per heavy atom. The lowest BCUT2D eigenvalue weighted by atomic mass is 9.84. The third-order valence-corrected chi connectivity index (χ3v) is 8.68. The van der Waals surface area contributed by atoms with Gasteiger partial charge in [0.2, 0.25) is 0 Å². The van der Waals surface area contributed by atoms with Crippen molar-refractivity contribution in [2.75, 3.05) is 4.90 Å². The molecular formula is C26H33N3O2S. The van der Waals surface area contributed by atoms with Crippen molar-refractivity contribution in [3.05, 3.63) is 52.5 Å². The van der Waals surface area contributed by atoms with E-state index >= 15 is 0 Å². The van der Waals surface area contributed by atoms with Crippen molar-refractivity contribution < 1.29 is 9.90 Å². The minimum Gasteiger partial charge on any atom is -0.376 e. The Labute approximate surface area is 194 Å². The number of rotatable bonds is 4. The van der Waals surface area contributed by atoms with E-state index < -0.39 is 11.8 Å². The van der Waals surface area contributed by atoms with Crippen LogP contribution in [0.25, 0.3) is 10.2 Å². The second-order valence-corrected chi connectivity index (χ2v) is 10.9. The number of thiophene rings is 1. The highest BCUT2D eigenvalue weighted by molar-refractivity contribution is 7.17. The largest absolute Gasteiger partial charge is 0.376 e. The number of anilines is 1. The van der Waals surface area contributed by atoms with Gasteiger partial charge in [0, 0.05) is 11.7 Å². The molecule has 2 aromatic heterocycles. The van der Waals surface area contributed by atoms with Gasteiger partial charge in [-0.2, -0.15) is 0 Å². The van der Waals surface area contributed by atoms with E-state index in [1.165, 1.54) is 19.3 Å². The lowest BCUT2D eigenvalue weighted by molar-refractivity contribution is 0.0207. The Bertz CT molecular complexity index is 1170. The summed E-state index contributed by atoms with van der Waals surface area (Å²) in [6.07, 6.45) is 3.83. The maximum Gasteiger partial charge on any atom is 0.275 e. The highest BCUT2D eigenvalue weighted by atomic mass is 32.1. The van der Waals surface area contributed by atoms with Crippen molar-refractivity contribution in [2.24, 2.45) is 5.92 Å². The van der Waals surface area contributed by atoms with Crippen LogP contribution in [-0.2, 0) is 6.54 Å². The molecule has 170 valence electrons. The van der Waals surface area contributed by atoms with Gasteiger partial charge in [0.05, 0.1) is 16.8 Å². The van der Waals surface area contributed by atoms with Gasteiger partial charge in [-0.25, -0.2) is 0 Å². The maximum absolute atomic E-state index is 14.0. The predicted octanol–water partition coefficient (Wildman–Crippen LogP) is 5.23. The lowest BCUT2D eigenvalue weighted by Crippen LogP contribution is -2.68. The van der Waals surface area contributed by atoms with Crippen LogP contribution in [0.2, 0.25) is 0 Å². The fourth-order valence-electron chi connectivity index (χ4n) is 5.58. The van der Waals surface area contributed by atoms with Crippen LogP contribution in [0.4, 0.5) is 5.69 Å². The van der Waals surface area contributed by atoms with E-state index in [2.05, 4.69) is 48.2 Å². The van der Waals surface area contributed by atoms with Crippen molar-refractivity contribution in [3.63, 3.8) is 0 Å². The zero-order chi connectivity index (χ0) is 22.6. The number of amides is 1. The molecule has 1 aliphatic carbocycles. The summed E-state index contributed by atoms with van der Waals surface area (Å²) in [5.41, 5.74) is 4.04. The molecule has 32 heavy (non-hydrogen) atoms. The number of carbonyl (C=O) groups is 1. The summed E-state index contributed by atoms with van der Waals surface area (Å²) in [5.74, 6) is 0.467. The minimum absolute atomic E-state index is 0.0478. The van der Waals surface area contributed by atoms with E-state index in [0.29, 0.717) is 18.2 Å². The van der Waals surface area contributed by atoms with E-state index in [-0.39, 0.29) is 11.9 Å². The second kappa shape index (κ2) is 8.01. The number of hydrogen-bond acceptors (Lipinski definition) is 4. The monoisotopic (exact) mass is 451 g/mol. The van der Waals surface area contributed by atoms with Crippen molar-refractivity contribution >= 4 is 33.1 Å². The molecule has 4 atom stereocenters. The number of aliphatic hydroxyl groups is 1. The number of nitrogens with zero attached hydrogens (tertiary/aromatic N) is 2. The molecule has 2 N–H and O–H groups in total. The van der Waals surface area contributed by atoms with Gasteiger partial charge in [-0.05, 0) is 74.2 Å². The molecule has 3 heterocycles. The average molecular weight is 452 g/mol. The first kappa shape index (κ1) is 21.7. The van der Waals surface area contributed by atoms with E-state index in [4.69, 9.17) is 0 Å². The van der Waals surface area contributed by atoms with Crippen molar-refractivity contribution in [3.8, 4) is 0 Å². The highest BCUT2D eigenvalue weighted by Crippen LogP contribution is 2.40. The van der Waals surface area contributed by atoms with Crippen LogP contribution < -0.4 is 10.2 Å². The molecule has 0 spiro atoms. The topological polar surface area (TPSA) is 57.5 Å². The first-order valence-corrected chi connectivity index (χ1v) is 12.6. The Balaban J connectivity index is 1.62. The fraction of sp³-hybridized carbons (Fsp3) is 0.500. The number of aromatic nitrogens is 1. The average Bonchev–Trinajstić information content (AvgIpc) is 3.35. The number of aliphatic hydroxyl groups excluding tert-OH is 1. The molecule has 1 fully saturated rings. The van der Waals surface area contributed by atoms with Crippen LogP contribution in [0.1, 0.15) is 61.1 Å². The lowest BCUT2D eigenvalue weighted by Gasteiger charge is -2.49. The van der Waals surface area contributed by atoms with Crippen LogP contribution in [-0.4, -0.2) is 33.4 Å². The van der Waals surface area contributed by atoms with Gasteiger partial charge in [-0.3, -0.25) is 15.0 Å². The smallest absolute Gasteiger partial charge is 0.275 e. The standard InChI is InChI=1S/C26H33N3O2S/c1-16-9-7-11-20(18(16)3)29-24(30)22-14-23-21(12-13-32-23)28(22)15-26(29,4)25(31)27-19-10-6-5-8-17(19)2/h7,9,11-14,17,19,25,27,31H,5-6,8,10,15H2,1-4H3. The third kappa shape index (κ3) is 3.31. The van der Waals surface area contributed by atoms with Gasteiger partial charge in [-0.1, -0.05) is 31.9 Å². The molecule has 0 radical (unpaired) electrons. The Kier molecular flexibility index (Phi) is 5.43. The summed E-state index contributed by atoms with van der Waals surface area (Å²) in [7, 11) is 0. The zero-order valence-electron chi connectivity index (χ0n) is 19.4. The van der Waals surface area contributed by atoms with E-state index in [9.17, 15) is 9.90 Å².